The van der Waals surface area contributed by atoms with Crippen molar-refractivity contribution in [2.24, 2.45) is 0 Å². The van der Waals surface area contributed by atoms with Gasteiger partial charge < -0.3 is 8.98 Å². The van der Waals surface area contributed by atoms with E-state index in [1.165, 1.54) is 16.7 Å². The molecular weight excluding hydrogens is 435 g/mol. The molecule has 0 spiro atoms. The lowest BCUT2D eigenvalue weighted by Gasteiger charge is -2.06. The molecule has 0 bridgehead atoms. The van der Waals surface area contributed by atoms with Gasteiger partial charge in [-0.3, -0.25) is 0 Å². The van der Waals surface area contributed by atoms with Gasteiger partial charge in [-0.2, -0.15) is 9.97 Å². The number of fused-ring (bicyclic) bond motifs is 1. The number of halogens is 1. The summed E-state index contributed by atoms with van der Waals surface area (Å²) < 4.78 is 23.2. The van der Waals surface area contributed by atoms with Crippen molar-refractivity contribution in [2.45, 2.75) is 37.6 Å². The highest BCUT2D eigenvalue weighted by Gasteiger charge is 2.28. The monoisotopic (exact) mass is 454 g/mol. The van der Waals surface area contributed by atoms with Crippen LogP contribution in [-0.4, -0.2) is 29.1 Å². The topological polar surface area (TPSA) is 91.6 Å². The van der Waals surface area contributed by atoms with Crippen molar-refractivity contribution in [3.63, 3.8) is 0 Å². The molecule has 5 aromatic rings. The summed E-state index contributed by atoms with van der Waals surface area (Å²) in [5.41, 5.74) is 1.33. The van der Waals surface area contributed by atoms with Crippen molar-refractivity contribution in [3.8, 4) is 28.7 Å². The Morgan fingerprint density at radius 1 is 0.971 bits per heavy atom. The second-order valence-electron chi connectivity index (χ2n) is 8.88. The lowest BCUT2D eigenvalue weighted by atomic mass is 10.2. The molecule has 0 N–H and O–H groups in total. The van der Waals surface area contributed by atoms with E-state index in [-0.39, 0.29) is 17.5 Å². The van der Waals surface area contributed by atoms with Crippen LogP contribution in [0.1, 0.15) is 43.5 Å². The van der Waals surface area contributed by atoms with Crippen molar-refractivity contribution in [2.75, 3.05) is 0 Å². The molecule has 2 fully saturated rings. The fourth-order valence-corrected chi connectivity index (χ4v) is 4.22. The third-order valence-corrected chi connectivity index (χ3v) is 6.31. The number of rotatable bonds is 5. The molecule has 2 aliphatic rings. The van der Waals surface area contributed by atoms with Crippen molar-refractivity contribution < 1.29 is 8.81 Å². The van der Waals surface area contributed by atoms with Crippen LogP contribution in [0.15, 0.2) is 64.2 Å². The van der Waals surface area contributed by atoms with Gasteiger partial charge in [0, 0.05) is 41.5 Å². The first-order valence-electron chi connectivity index (χ1n) is 11.3. The van der Waals surface area contributed by atoms with Gasteiger partial charge in [-0.25, -0.2) is 23.7 Å². The van der Waals surface area contributed by atoms with Gasteiger partial charge in [0.25, 0.3) is 0 Å². The van der Waals surface area contributed by atoms with E-state index in [1.54, 1.807) is 30.6 Å². The quantitative estimate of drug-likeness (QED) is 0.384. The molecule has 8 nitrogen and oxygen atoms in total. The zero-order chi connectivity index (χ0) is 22.8. The average molecular weight is 454 g/mol. The molecule has 0 saturated heterocycles. The maximum atomic E-state index is 13.6. The van der Waals surface area contributed by atoms with E-state index in [0.717, 1.165) is 36.9 Å². The van der Waals surface area contributed by atoms with Crippen LogP contribution in [0, 0.1) is 5.82 Å². The lowest BCUT2D eigenvalue weighted by molar-refractivity contribution is 0.583. The minimum Gasteiger partial charge on any atom is -0.432 e. The minimum atomic E-state index is -0.460. The number of nitrogens with zero attached hydrogens (tertiary/aromatic N) is 6. The maximum absolute atomic E-state index is 13.6. The normalized spacial score (nSPS) is 15.8. The molecule has 34 heavy (non-hydrogen) atoms. The molecule has 168 valence electrons. The Hall–Kier alpha value is -4.14. The molecule has 2 aliphatic carbocycles. The van der Waals surface area contributed by atoms with E-state index in [2.05, 4.69) is 24.5 Å². The third kappa shape index (κ3) is 3.23. The minimum absolute atomic E-state index is 0.265. The van der Waals surface area contributed by atoms with E-state index >= 15 is 0 Å². The second-order valence-corrected chi connectivity index (χ2v) is 8.88. The summed E-state index contributed by atoms with van der Waals surface area (Å²) in [6.07, 6.45) is 9.72. The van der Waals surface area contributed by atoms with Gasteiger partial charge in [-0.1, -0.05) is 0 Å². The molecular formula is C25H19FN6O2. The highest BCUT2D eigenvalue weighted by atomic mass is 19.1. The predicted molar refractivity (Wildman–Crippen MR) is 122 cm³/mol. The van der Waals surface area contributed by atoms with E-state index in [1.807, 2.05) is 12.3 Å². The Balaban J connectivity index is 1.41. The van der Waals surface area contributed by atoms with Crippen LogP contribution in [0.2, 0.25) is 0 Å². The van der Waals surface area contributed by atoms with E-state index in [0.29, 0.717) is 34.6 Å². The molecule has 9 heteroatoms. The highest BCUT2D eigenvalue weighted by molar-refractivity contribution is 5.76. The summed E-state index contributed by atoms with van der Waals surface area (Å²) in [4.78, 5) is 31.1. The molecule has 0 unspecified atom stereocenters. The average Bonchev–Trinajstić information content (AvgIpc) is 3.79. The first kappa shape index (κ1) is 19.3. The molecule has 1 aromatic carbocycles. The largest absolute Gasteiger partial charge is 0.432 e. The highest BCUT2D eigenvalue weighted by Crippen LogP contribution is 2.39. The first-order chi connectivity index (χ1) is 16.6. The number of oxazole rings is 1. The summed E-state index contributed by atoms with van der Waals surface area (Å²) in [5.74, 6) is 1.66. The third-order valence-electron chi connectivity index (χ3n) is 6.31. The van der Waals surface area contributed by atoms with Crippen molar-refractivity contribution in [1.82, 2.24) is 29.1 Å². The maximum Gasteiger partial charge on any atom is 0.355 e. The molecule has 0 atom stereocenters. The van der Waals surface area contributed by atoms with Crippen LogP contribution in [0.25, 0.3) is 39.8 Å². The Bertz CT molecular complexity index is 1610. The van der Waals surface area contributed by atoms with Crippen LogP contribution in [0.5, 0.6) is 0 Å². The Morgan fingerprint density at radius 2 is 1.79 bits per heavy atom. The molecule has 4 heterocycles. The Morgan fingerprint density at radius 3 is 2.56 bits per heavy atom. The van der Waals surface area contributed by atoms with Crippen LogP contribution in [0.4, 0.5) is 4.39 Å². The standard InChI is InChI=1S/C25H19FN6O2/c26-17-5-3-14(4-6-17)20-23(29-24(34-20)19-9-11-27-21(28-19)15-1-2-15)32-13-16-10-12-31(18-7-8-18)22(16)30-25(32)33/h3-6,9-13,15,18H,1-2,7-8H2. The van der Waals surface area contributed by atoms with Crippen LogP contribution in [0.3, 0.4) is 0 Å². The van der Waals surface area contributed by atoms with E-state index < -0.39 is 5.69 Å². The van der Waals surface area contributed by atoms with Gasteiger partial charge >= 0.3 is 5.69 Å². The van der Waals surface area contributed by atoms with Crippen molar-refractivity contribution in [3.05, 3.63) is 77.1 Å². The van der Waals surface area contributed by atoms with E-state index in [4.69, 9.17) is 4.42 Å². The Labute approximate surface area is 192 Å². The number of benzene rings is 1. The van der Waals surface area contributed by atoms with Gasteiger partial charge in [-0.15, -0.1) is 0 Å². The molecule has 0 amide bonds. The molecule has 2 saturated carbocycles. The SMILES string of the molecule is O=c1nc2c(ccn2C2CC2)cn1-c1nc(-c2ccnc(C3CC3)n2)oc1-c1ccc(F)cc1. The van der Waals surface area contributed by atoms with Gasteiger partial charge in [0.05, 0.1) is 0 Å². The number of hydrogen-bond acceptors (Lipinski definition) is 6. The zero-order valence-corrected chi connectivity index (χ0v) is 18.1. The molecule has 4 aromatic heterocycles. The van der Waals surface area contributed by atoms with Crippen LogP contribution in [-0.2, 0) is 0 Å². The number of hydrogen-bond donors (Lipinski definition) is 0. The summed E-state index contributed by atoms with van der Waals surface area (Å²) >= 11 is 0. The van der Waals surface area contributed by atoms with Gasteiger partial charge in [0.1, 0.15) is 23.0 Å². The predicted octanol–water partition coefficient (Wildman–Crippen LogP) is 4.65. The lowest BCUT2D eigenvalue weighted by Crippen LogP contribution is -2.22. The van der Waals surface area contributed by atoms with Crippen molar-refractivity contribution >= 4 is 11.0 Å². The van der Waals surface area contributed by atoms with Crippen molar-refractivity contribution in [1.29, 1.82) is 0 Å². The van der Waals surface area contributed by atoms with Crippen LogP contribution >= 0.6 is 0 Å². The summed E-state index contributed by atoms with van der Waals surface area (Å²) in [5, 5.41) is 0.833. The smallest absolute Gasteiger partial charge is 0.355 e. The van der Waals surface area contributed by atoms with Crippen LogP contribution < -0.4 is 5.69 Å². The zero-order valence-electron chi connectivity index (χ0n) is 18.1. The molecule has 0 radical (unpaired) electrons. The molecule has 7 rings (SSSR count). The fraction of sp³-hybridized carbons (Fsp3) is 0.240. The summed E-state index contributed by atoms with van der Waals surface area (Å²) in [7, 11) is 0. The summed E-state index contributed by atoms with van der Waals surface area (Å²) in [6.45, 7) is 0. The van der Waals surface area contributed by atoms with Gasteiger partial charge in [0.2, 0.25) is 5.89 Å². The summed E-state index contributed by atoms with van der Waals surface area (Å²) in [6, 6.07) is 9.97. The van der Waals surface area contributed by atoms with Gasteiger partial charge in [-0.05, 0) is 62.1 Å². The first-order valence-corrected chi connectivity index (χ1v) is 11.3. The van der Waals surface area contributed by atoms with E-state index in [9.17, 15) is 9.18 Å². The van der Waals surface area contributed by atoms with Gasteiger partial charge in [0.15, 0.2) is 11.6 Å². The number of aromatic nitrogens is 6. The fourth-order valence-electron chi connectivity index (χ4n) is 4.22. The second kappa shape index (κ2) is 7.18. The Kier molecular flexibility index (Phi) is 4.08. The molecule has 0 aliphatic heterocycles.